The molecule has 2 fully saturated rings. The molecule has 4 aliphatic rings. The van der Waals surface area contributed by atoms with Crippen LogP contribution in [0.5, 0.6) is 5.75 Å². The fourth-order valence-corrected chi connectivity index (χ4v) is 10.3. The maximum absolute atomic E-state index is 13.8. The summed E-state index contributed by atoms with van der Waals surface area (Å²) in [7, 11) is 5.32. The Kier molecular flexibility index (Phi) is 10.4. The molecule has 2 aliphatic carbocycles. The Bertz CT molecular complexity index is 2240. The second-order valence-electron chi connectivity index (χ2n) is 16.8. The highest BCUT2D eigenvalue weighted by Crippen LogP contribution is 2.63. The van der Waals surface area contributed by atoms with Crippen LogP contribution in [-0.2, 0) is 44.8 Å². The van der Waals surface area contributed by atoms with E-state index in [1.165, 1.54) is 0 Å². The third-order valence-corrected chi connectivity index (χ3v) is 14.0. The number of para-hydroxylation sites is 1. The van der Waals surface area contributed by atoms with E-state index in [-0.39, 0.29) is 17.2 Å². The summed E-state index contributed by atoms with van der Waals surface area (Å²) in [5.74, 6) is -0.238. The van der Waals surface area contributed by atoms with Gasteiger partial charge in [0.05, 0.1) is 40.3 Å². The van der Waals surface area contributed by atoms with Crippen molar-refractivity contribution >= 4 is 40.8 Å². The fourth-order valence-electron chi connectivity index (χ4n) is 9.98. The molecule has 0 spiro atoms. The molecule has 8 rings (SSSR count). The number of methoxy groups -OCH3 is 1. The van der Waals surface area contributed by atoms with Crippen molar-refractivity contribution in [3.63, 3.8) is 0 Å². The topological polar surface area (TPSA) is 147 Å². The van der Waals surface area contributed by atoms with E-state index < -0.39 is 11.4 Å². The number of carboxylic acid groups (broad SMARTS) is 1. The Balaban J connectivity index is 0.956. The third-order valence-electron chi connectivity index (χ3n) is 13.6. The minimum atomic E-state index is -0.625. The van der Waals surface area contributed by atoms with Crippen LogP contribution in [0.25, 0.3) is 11.1 Å². The molecular weight excluding hydrogens is 744 g/mol. The number of fused-ring (bicyclic) bond motifs is 4. The second kappa shape index (κ2) is 15.2. The molecule has 2 aliphatic heterocycles. The van der Waals surface area contributed by atoms with Gasteiger partial charge in [0.2, 0.25) is 0 Å². The highest BCUT2D eigenvalue weighted by Gasteiger charge is 2.57. The zero-order chi connectivity index (χ0) is 40.2. The number of carboxylic acids is 1. The van der Waals surface area contributed by atoms with Crippen LogP contribution >= 0.6 is 11.6 Å². The molecule has 302 valence electrons. The average molecular weight is 797 g/mol. The Morgan fingerprint density at radius 1 is 0.877 bits per heavy atom. The van der Waals surface area contributed by atoms with Crippen LogP contribution in [0.1, 0.15) is 103 Å². The van der Waals surface area contributed by atoms with Crippen LogP contribution in [0.4, 0.5) is 11.4 Å². The maximum Gasteiger partial charge on any atom is 0.309 e. The van der Waals surface area contributed by atoms with Gasteiger partial charge in [-0.1, -0.05) is 42.8 Å². The standard InChI is InChI=1S/C43H53ClN8O5/c1-6-26(2)52-21-14-34-32(24-52)46-38(50(34)4)40(54)48-30-12-8-10-28(36(30)57-5)27-9-7-11-29(35(27)44)47-39(53)37-45-31-23-51(20-13-33(31)49(37)3)22-19-42-15-17-43(25-42,18-16-42)41(55)56/h7-12,26H,6,13-25H2,1-5H3,(H,47,53)(H,48,54)(H,55,56). The molecule has 3 N–H and O–H groups in total. The van der Waals surface area contributed by atoms with Crippen LogP contribution in [0, 0.1) is 10.8 Å². The quantitative estimate of drug-likeness (QED) is 0.139. The van der Waals surface area contributed by atoms with Gasteiger partial charge in [0.25, 0.3) is 11.8 Å². The van der Waals surface area contributed by atoms with Crippen molar-refractivity contribution in [3.05, 3.63) is 75.8 Å². The molecule has 4 aromatic rings. The van der Waals surface area contributed by atoms with E-state index in [0.717, 1.165) is 107 Å². The summed E-state index contributed by atoms with van der Waals surface area (Å²) in [6, 6.07) is 11.3. The highest BCUT2D eigenvalue weighted by atomic mass is 35.5. The first-order valence-corrected chi connectivity index (χ1v) is 20.6. The normalized spacial score (nSPS) is 22.2. The Labute approximate surface area is 338 Å². The summed E-state index contributed by atoms with van der Waals surface area (Å²) in [6.45, 7) is 8.47. The first kappa shape index (κ1) is 39.1. The summed E-state index contributed by atoms with van der Waals surface area (Å²) in [4.78, 5) is 53.9. The van der Waals surface area contributed by atoms with Gasteiger partial charge in [-0.2, -0.15) is 0 Å². The molecule has 4 heterocycles. The zero-order valence-electron chi connectivity index (χ0n) is 33.6. The molecule has 2 aromatic heterocycles. The number of nitrogens with zero attached hydrogens (tertiary/aromatic N) is 6. The van der Waals surface area contributed by atoms with Crippen molar-refractivity contribution in [2.24, 2.45) is 24.9 Å². The molecule has 2 aromatic carbocycles. The lowest BCUT2D eigenvalue weighted by Gasteiger charge is -2.32. The monoisotopic (exact) mass is 796 g/mol. The predicted octanol–water partition coefficient (Wildman–Crippen LogP) is 6.93. The SMILES string of the molecule is CCC(C)N1CCc2c(nc(C(=O)Nc3cccc(-c4cccc(NC(=O)c5nc6c(n5C)CCN(CCC57CCC(C(=O)O)(CC5)C7)C6)c4Cl)c3OC)n2C)C1. The van der Waals surface area contributed by atoms with E-state index in [9.17, 15) is 19.5 Å². The van der Waals surface area contributed by atoms with Crippen molar-refractivity contribution in [2.45, 2.75) is 90.8 Å². The van der Waals surface area contributed by atoms with Gasteiger partial charge in [-0.3, -0.25) is 24.2 Å². The Hall–Kier alpha value is -4.72. The van der Waals surface area contributed by atoms with Gasteiger partial charge >= 0.3 is 5.97 Å². The van der Waals surface area contributed by atoms with Crippen molar-refractivity contribution < 1.29 is 24.2 Å². The Morgan fingerprint density at radius 2 is 1.47 bits per heavy atom. The number of hydrogen-bond acceptors (Lipinski definition) is 8. The largest absolute Gasteiger partial charge is 0.494 e. The van der Waals surface area contributed by atoms with Gasteiger partial charge in [-0.15, -0.1) is 0 Å². The summed E-state index contributed by atoms with van der Waals surface area (Å²) < 4.78 is 9.66. The molecule has 2 saturated carbocycles. The number of imidazole rings is 2. The van der Waals surface area contributed by atoms with E-state index in [1.807, 2.05) is 47.5 Å². The van der Waals surface area contributed by atoms with Crippen LogP contribution < -0.4 is 15.4 Å². The van der Waals surface area contributed by atoms with Gasteiger partial charge in [0.1, 0.15) is 5.75 Å². The van der Waals surface area contributed by atoms with Gasteiger partial charge < -0.3 is 29.6 Å². The number of aliphatic carboxylic acids is 1. The number of nitrogens with one attached hydrogen (secondary N) is 2. The van der Waals surface area contributed by atoms with E-state index in [1.54, 1.807) is 19.2 Å². The number of benzene rings is 2. The van der Waals surface area contributed by atoms with Crippen LogP contribution in [0.3, 0.4) is 0 Å². The molecule has 14 heteroatoms. The zero-order valence-corrected chi connectivity index (χ0v) is 34.3. The summed E-state index contributed by atoms with van der Waals surface area (Å²) in [6.07, 6.45) is 8.04. The maximum atomic E-state index is 13.8. The van der Waals surface area contributed by atoms with Crippen LogP contribution in [0.15, 0.2) is 36.4 Å². The van der Waals surface area contributed by atoms with E-state index >= 15 is 0 Å². The second-order valence-corrected chi connectivity index (χ2v) is 17.1. The van der Waals surface area contributed by atoms with Gasteiger partial charge in [-0.25, -0.2) is 9.97 Å². The number of hydrogen-bond donors (Lipinski definition) is 3. The van der Waals surface area contributed by atoms with Gasteiger partial charge in [-0.05, 0) is 76.0 Å². The molecule has 2 amide bonds. The number of aromatic nitrogens is 4. The van der Waals surface area contributed by atoms with Crippen LogP contribution in [-0.4, -0.2) is 84.6 Å². The molecule has 1 atom stereocenters. The van der Waals surface area contributed by atoms with Crippen molar-refractivity contribution in [1.29, 1.82) is 0 Å². The smallest absolute Gasteiger partial charge is 0.309 e. The molecule has 13 nitrogen and oxygen atoms in total. The minimum Gasteiger partial charge on any atom is -0.494 e. The number of rotatable bonds is 12. The summed E-state index contributed by atoms with van der Waals surface area (Å²) in [5, 5.41) is 16.2. The number of carbonyl (C=O) groups is 3. The summed E-state index contributed by atoms with van der Waals surface area (Å²) >= 11 is 7.04. The highest BCUT2D eigenvalue weighted by molar-refractivity contribution is 6.36. The van der Waals surface area contributed by atoms with E-state index in [4.69, 9.17) is 26.3 Å². The predicted molar refractivity (Wildman–Crippen MR) is 219 cm³/mol. The minimum absolute atomic E-state index is 0.135. The molecule has 0 radical (unpaired) electrons. The number of ether oxygens (including phenoxy) is 1. The third kappa shape index (κ3) is 7.01. The van der Waals surface area contributed by atoms with E-state index in [2.05, 4.69) is 34.3 Å². The van der Waals surface area contributed by atoms with Gasteiger partial charge in [0.15, 0.2) is 11.6 Å². The lowest BCUT2D eigenvalue weighted by Crippen LogP contribution is -2.37. The van der Waals surface area contributed by atoms with Crippen molar-refractivity contribution in [3.8, 4) is 16.9 Å². The number of halogens is 1. The average Bonchev–Trinajstić information content (AvgIpc) is 3.97. The van der Waals surface area contributed by atoms with Crippen molar-refractivity contribution in [1.82, 2.24) is 28.9 Å². The number of amides is 2. The van der Waals surface area contributed by atoms with Crippen LogP contribution in [0.2, 0.25) is 5.02 Å². The van der Waals surface area contributed by atoms with E-state index in [0.29, 0.717) is 57.5 Å². The molecule has 0 saturated heterocycles. The number of anilines is 2. The summed E-state index contributed by atoms with van der Waals surface area (Å²) in [5.41, 5.74) is 5.75. The molecule has 1 unspecified atom stereocenters. The lowest BCUT2D eigenvalue weighted by atomic mass is 9.80. The first-order chi connectivity index (χ1) is 27.4. The Morgan fingerprint density at radius 3 is 2.09 bits per heavy atom. The number of carbonyl (C=O) groups excluding carboxylic acids is 2. The fraction of sp³-hybridized carbons (Fsp3) is 0.512. The first-order valence-electron chi connectivity index (χ1n) is 20.2. The van der Waals surface area contributed by atoms with Crippen molar-refractivity contribution in [2.75, 3.05) is 37.4 Å². The lowest BCUT2D eigenvalue weighted by molar-refractivity contribution is -0.148. The molecular formula is C43H53ClN8O5. The molecule has 57 heavy (non-hydrogen) atoms. The van der Waals surface area contributed by atoms with Gasteiger partial charge in [0, 0.05) is 81.7 Å². The molecule has 2 bridgehead atoms.